The van der Waals surface area contributed by atoms with Gasteiger partial charge < -0.3 is 10.6 Å². The molecule has 6 nitrogen and oxygen atoms in total. The number of nitrogens with one attached hydrogen (secondary N) is 2. The van der Waals surface area contributed by atoms with Crippen molar-refractivity contribution in [2.45, 2.75) is 19.9 Å². The van der Waals surface area contributed by atoms with E-state index in [0.717, 1.165) is 44.8 Å². The number of aromatic nitrogens is 2. The van der Waals surface area contributed by atoms with Crippen LogP contribution in [0.1, 0.15) is 28.5 Å². The summed E-state index contributed by atoms with van der Waals surface area (Å²) in [5, 5.41) is 10.8. The third-order valence-corrected chi connectivity index (χ3v) is 4.63. The molecule has 25 heavy (non-hydrogen) atoms. The van der Waals surface area contributed by atoms with Gasteiger partial charge in [0, 0.05) is 39.3 Å². The van der Waals surface area contributed by atoms with Gasteiger partial charge in [0.1, 0.15) is 0 Å². The highest BCUT2D eigenvalue weighted by Gasteiger charge is 2.16. The molecule has 0 aliphatic carbocycles. The number of rotatable bonds is 7. The SMILES string of the molecule is CCc1c(C(=O)NCCN2CCNCC2)cnn1Cc1ccccc1. The molecule has 0 spiro atoms. The highest BCUT2D eigenvalue weighted by atomic mass is 16.1. The summed E-state index contributed by atoms with van der Waals surface area (Å²) in [7, 11) is 0. The zero-order valence-corrected chi connectivity index (χ0v) is 14.9. The molecule has 1 aliphatic heterocycles. The Morgan fingerprint density at radius 3 is 2.72 bits per heavy atom. The summed E-state index contributed by atoms with van der Waals surface area (Å²) in [6.45, 7) is 8.48. The summed E-state index contributed by atoms with van der Waals surface area (Å²) in [5.41, 5.74) is 2.87. The zero-order valence-electron chi connectivity index (χ0n) is 14.9. The van der Waals surface area contributed by atoms with Gasteiger partial charge in [-0.1, -0.05) is 37.3 Å². The molecule has 0 radical (unpaired) electrons. The fourth-order valence-corrected chi connectivity index (χ4v) is 3.22. The summed E-state index contributed by atoms with van der Waals surface area (Å²) < 4.78 is 1.93. The van der Waals surface area contributed by atoms with Crippen molar-refractivity contribution in [3.63, 3.8) is 0 Å². The van der Waals surface area contributed by atoms with Crippen LogP contribution in [0.4, 0.5) is 0 Å². The molecule has 1 fully saturated rings. The topological polar surface area (TPSA) is 62.2 Å². The van der Waals surface area contributed by atoms with Crippen LogP contribution in [0.5, 0.6) is 0 Å². The predicted molar refractivity (Wildman–Crippen MR) is 98.8 cm³/mol. The lowest BCUT2D eigenvalue weighted by Gasteiger charge is -2.27. The van der Waals surface area contributed by atoms with Crippen LogP contribution in [0.3, 0.4) is 0 Å². The number of nitrogens with zero attached hydrogens (tertiary/aromatic N) is 3. The number of piperazine rings is 1. The van der Waals surface area contributed by atoms with Crippen molar-refractivity contribution >= 4 is 5.91 Å². The van der Waals surface area contributed by atoms with Crippen molar-refractivity contribution in [2.75, 3.05) is 39.3 Å². The summed E-state index contributed by atoms with van der Waals surface area (Å²) in [6.07, 6.45) is 2.48. The first kappa shape index (κ1) is 17.6. The molecule has 1 aromatic carbocycles. The van der Waals surface area contributed by atoms with Crippen molar-refractivity contribution in [3.8, 4) is 0 Å². The quantitative estimate of drug-likeness (QED) is 0.792. The van der Waals surface area contributed by atoms with E-state index in [2.05, 4.69) is 39.7 Å². The smallest absolute Gasteiger partial charge is 0.254 e. The Balaban J connectivity index is 1.58. The van der Waals surface area contributed by atoms with Gasteiger partial charge in [-0.3, -0.25) is 14.4 Å². The molecule has 6 heteroatoms. The van der Waals surface area contributed by atoms with Crippen LogP contribution >= 0.6 is 0 Å². The summed E-state index contributed by atoms with van der Waals surface area (Å²) >= 11 is 0. The summed E-state index contributed by atoms with van der Waals surface area (Å²) in [6, 6.07) is 10.2. The van der Waals surface area contributed by atoms with Gasteiger partial charge in [-0.25, -0.2) is 0 Å². The average molecular weight is 341 g/mol. The van der Waals surface area contributed by atoms with E-state index in [1.54, 1.807) is 6.20 Å². The monoisotopic (exact) mass is 341 g/mol. The van der Waals surface area contributed by atoms with Gasteiger partial charge in [-0.2, -0.15) is 5.10 Å². The summed E-state index contributed by atoms with van der Waals surface area (Å²) in [4.78, 5) is 14.9. The van der Waals surface area contributed by atoms with E-state index in [0.29, 0.717) is 18.7 Å². The maximum absolute atomic E-state index is 12.5. The van der Waals surface area contributed by atoms with E-state index < -0.39 is 0 Å². The molecule has 3 rings (SSSR count). The third kappa shape index (κ3) is 4.67. The minimum atomic E-state index is -0.0219. The molecule has 2 heterocycles. The molecule has 1 amide bonds. The van der Waals surface area contributed by atoms with Crippen LogP contribution in [-0.2, 0) is 13.0 Å². The second kappa shape index (κ2) is 8.78. The Hall–Kier alpha value is -2.18. The first-order chi connectivity index (χ1) is 12.3. The second-order valence-corrected chi connectivity index (χ2v) is 6.35. The van der Waals surface area contributed by atoms with Gasteiger partial charge in [0.2, 0.25) is 0 Å². The van der Waals surface area contributed by atoms with E-state index in [4.69, 9.17) is 0 Å². The van der Waals surface area contributed by atoms with Crippen molar-refractivity contribution < 1.29 is 4.79 Å². The number of amides is 1. The number of hydrogen-bond donors (Lipinski definition) is 2. The molecule has 2 aromatic rings. The molecular formula is C19H27N5O. The Morgan fingerprint density at radius 1 is 1.24 bits per heavy atom. The molecule has 0 saturated carbocycles. The summed E-state index contributed by atoms with van der Waals surface area (Å²) in [5.74, 6) is -0.0219. The fraction of sp³-hybridized carbons (Fsp3) is 0.474. The zero-order chi connectivity index (χ0) is 17.5. The second-order valence-electron chi connectivity index (χ2n) is 6.35. The highest BCUT2D eigenvalue weighted by Crippen LogP contribution is 2.12. The largest absolute Gasteiger partial charge is 0.351 e. The van der Waals surface area contributed by atoms with Gasteiger partial charge >= 0.3 is 0 Å². The maximum atomic E-state index is 12.5. The minimum Gasteiger partial charge on any atom is -0.351 e. The van der Waals surface area contributed by atoms with Gasteiger partial charge in [-0.15, -0.1) is 0 Å². The first-order valence-electron chi connectivity index (χ1n) is 9.08. The molecular weight excluding hydrogens is 314 g/mol. The van der Waals surface area contributed by atoms with Crippen LogP contribution in [0.25, 0.3) is 0 Å². The molecule has 1 aromatic heterocycles. The fourth-order valence-electron chi connectivity index (χ4n) is 3.22. The Bertz CT molecular complexity index is 676. The lowest BCUT2D eigenvalue weighted by atomic mass is 10.1. The first-order valence-corrected chi connectivity index (χ1v) is 9.08. The third-order valence-electron chi connectivity index (χ3n) is 4.63. The lowest BCUT2D eigenvalue weighted by Crippen LogP contribution is -2.46. The molecule has 2 N–H and O–H groups in total. The maximum Gasteiger partial charge on any atom is 0.254 e. The van der Waals surface area contributed by atoms with E-state index >= 15 is 0 Å². The van der Waals surface area contributed by atoms with Gasteiger partial charge in [0.05, 0.1) is 24.0 Å². The molecule has 134 valence electrons. The number of carbonyl (C=O) groups is 1. The van der Waals surface area contributed by atoms with Gasteiger partial charge in [0.25, 0.3) is 5.91 Å². The van der Waals surface area contributed by atoms with E-state index in [-0.39, 0.29) is 5.91 Å². The highest BCUT2D eigenvalue weighted by molar-refractivity contribution is 5.95. The minimum absolute atomic E-state index is 0.0219. The van der Waals surface area contributed by atoms with Crippen molar-refractivity contribution in [3.05, 3.63) is 53.3 Å². The molecule has 0 bridgehead atoms. The Kier molecular flexibility index (Phi) is 6.19. The molecule has 0 unspecified atom stereocenters. The standard InChI is InChI=1S/C19H27N5O/c1-2-18-17(14-22-24(18)15-16-6-4-3-5-7-16)19(25)21-10-13-23-11-8-20-9-12-23/h3-7,14,20H,2,8-13,15H2,1H3,(H,21,25). The number of carbonyl (C=O) groups excluding carboxylic acids is 1. The number of benzene rings is 1. The van der Waals surface area contributed by atoms with Crippen LogP contribution in [-0.4, -0.2) is 59.9 Å². The van der Waals surface area contributed by atoms with Crippen LogP contribution in [0, 0.1) is 0 Å². The normalized spacial score (nSPS) is 15.2. The average Bonchev–Trinajstić information content (AvgIpc) is 3.06. The molecule has 0 atom stereocenters. The van der Waals surface area contributed by atoms with Gasteiger partial charge in [0.15, 0.2) is 0 Å². The van der Waals surface area contributed by atoms with Crippen LogP contribution in [0.15, 0.2) is 36.5 Å². The predicted octanol–water partition coefficient (Wildman–Crippen LogP) is 1.13. The van der Waals surface area contributed by atoms with E-state index in [1.165, 1.54) is 5.56 Å². The lowest BCUT2D eigenvalue weighted by molar-refractivity contribution is 0.0946. The Labute approximate surface area is 149 Å². The van der Waals surface area contributed by atoms with Crippen molar-refractivity contribution in [2.24, 2.45) is 0 Å². The molecule has 1 aliphatic rings. The van der Waals surface area contributed by atoms with Crippen molar-refractivity contribution in [1.82, 2.24) is 25.3 Å². The number of hydrogen-bond acceptors (Lipinski definition) is 4. The van der Waals surface area contributed by atoms with E-state index in [9.17, 15) is 4.79 Å². The molecule has 1 saturated heterocycles. The van der Waals surface area contributed by atoms with Gasteiger partial charge in [-0.05, 0) is 12.0 Å². The van der Waals surface area contributed by atoms with Crippen molar-refractivity contribution in [1.29, 1.82) is 0 Å². The Morgan fingerprint density at radius 2 is 2.00 bits per heavy atom. The van der Waals surface area contributed by atoms with E-state index in [1.807, 2.05) is 22.9 Å². The van der Waals surface area contributed by atoms with Crippen LogP contribution < -0.4 is 10.6 Å². The van der Waals surface area contributed by atoms with Crippen LogP contribution in [0.2, 0.25) is 0 Å².